The van der Waals surface area contributed by atoms with Crippen molar-refractivity contribution in [1.29, 1.82) is 0 Å². The lowest BCUT2D eigenvalue weighted by Crippen LogP contribution is -2.32. The van der Waals surface area contributed by atoms with Crippen LogP contribution in [-0.4, -0.2) is 27.8 Å². The molecule has 1 unspecified atom stereocenters. The Balaban J connectivity index is 3.17. The summed E-state index contributed by atoms with van der Waals surface area (Å²) in [7, 11) is 0. The van der Waals surface area contributed by atoms with E-state index in [0.717, 1.165) is 6.92 Å². The number of nitrogens with zero attached hydrogens (tertiary/aromatic N) is 1. The Morgan fingerprint density at radius 3 is 2.81 bits per heavy atom. The summed E-state index contributed by atoms with van der Waals surface area (Å²) in [4.78, 5) is 14.6. The molecular formula is C10H14N2O4. The highest BCUT2D eigenvalue weighted by atomic mass is 16.5. The SMILES string of the molecule is CCOc1cc(C(C)(O)C(=O)O)cnc1N. The van der Waals surface area contributed by atoms with Crippen LogP contribution in [0.2, 0.25) is 0 Å². The molecule has 0 radical (unpaired) electrons. The largest absolute Gasteiger partial charge is 0.490 e. The Kier molecular flexibility index (Phi) is 3.34. The van der Waals surface area contributed by atoms with Crippen LogP contribution in [0.15, 0.2) is 12.3 Å². The lowest BCUT2D eigenvalue weighted by Gasteiger charge is -2.19. The molecule has 0 amide bonds. The van der Waals surface area contributed by atoms with Crippen LogP contribution < -0.4 is 10.5 Å². The van der Waals surface area contributed by atoms with Crippen LogP contribution in [0.25, 0.3) is 0 Å². The van der Waals surface area contributed by atoms with E-state index in [-0.39, 0.29) is 17.1 Å². The van der Waals surface area contributed by atoms with Gasteiger partial charge in [0.1, 0.15) is 0 Å². The second-order valence-corrected chi connectivity index (χ2v) is 3.42. The van der Waals surface area contributed by atoms with Crippen LogP contribution in [0.4, 0.5) is 5.82 Å². The molecule has 16 heavy (non-hydrogen) atoms. The van der Waals surface area contributed by atoms with Gasteiger partial charge in [0.2, 0.25) is 0 Å². The maximum absolute atomic E-state index is 10.8. The Labute approximate surface area is 92.7 Å². The van der Waals surface area contributed by atoms with E-state index in [1.807, 2.05) is 0 Å². The minimum Gasteiger partial charge on any atom is -0.490 e. The van der Waals surface area contributed by atoms with Crippen molar-refractivity contribution in [1.82, 2.24) is 4.98 Å². The number of carbonyl (C=O) groups is 1. The first-order valence-corrected chi connectivity index (χ1v) is 4.74. The Morgan fingerprint density at radius 1 is 1.69 bits per heavy atom. The maximum Gasteiger partial charge on any atom is 0.340 e. The van der Waals surface area contributed by atoms with Crippen molar-refractivity contribution in [2.75, 3.05) is 12.3 Å². The van der Waals surface area contributed by atoms with Gasteiger partial charge < -0.3 is 20.7 Å². The average molecular weight is 226 g/mol. The molecule has 1 rings (SSSR count). The van der Waals surface area contributed by atoms with Crippen molar-refractivity contribution < 1.29 is 19.7 Å². The first-order chi connectivity index (χ1) is 7.39. The van der Waals surface area contributed by atoms with Crippen molar-refractivity contribution in [3.8, 4) is 5.75 Å². The third-order valence-corrected chi connectivity index (χ3v) is 2.16. The van der Waals surface area contributed by atoms with Crippen LogP contribution >= 0.6 is 0 Å². The van der Waals surface area contributed by atoms with Crippen LogP contribution in [0.5, 0.6) is 5.75 Å². The van der Waals surface area contributed by atoms with Gasteiger partial charge in [0.15, 0.2) is 17.2 Å². The zero-order valence-electron chi connectivity index (χ0n) is 9.10. The van der Waals surface area contributed by atoms with Gasteiger partial charge in [-0.05, 0) is 19.9 Å². The molecule has 4 N–H and O–H groups in total. The first kappa shape index (κ1) is 12.3. The zero-order valence-corrected chi connectivity index (χ0v) is 9.10. The number of aliphatic carboxylic acids is 1. The summed E-state index contributed by atoms with van der Waals surface area (Å²) < 4.78 is 5.16. The first-order valence-electron chi connectivity index (χ1n) is 4.74. The summed E-state index contributed by atoms with van der Waals surface area (Å²) in [5, 5.41) is 18.5. The van der Waals surface area contributed by atoms with E-state index in [2.05, 4.69) is 4.98 Å². The van der Waals surface area contributed by atoms with E-state index in [4.69, 9.17) is 15.6 Å². The lowest BCUT2D eigenvalue weighted by atomic mass is 9.98. The van der Waals surface area contributed by atoms with E-state index >= 15 is 0 Å². The topological polar surface area (TPSA) is 106 Å². The van der Waals surface area contributed by atoms with Gasteiger partial charge in [0, 0.05) is 11.8 Å². The number of anilines is 1. The van der Waals surface area contributed by atoms with E-state index in [1.54, 1.807) is 6.92 Å². The van der Waals surface area contributed by atoms with Gasteiger partial charge in [-0.3, -0.25) is 0 Å². The van der Waals surface area contributed by atoms with Crippen molar-refractivity contribution in [2.45, 2.75) is 19.4 Å². The van der Waals surface area contributed by atoms with Gasteiger partial charge in [-0.15, -0.1) is 0 Å². The quantitative estimate of drug-likeness (QED) is 0.684. The highest BCUT2D eigenvalue weighted by Gasteiger charge is 2.33. The molecule has 6 heteroatoms. The van der Waals surface area contributed by atoms with Crippen molar-refractivity contribution in [3.05, 3.63) is 17.8 Å². The standard InChI is InChI=1S/C10H14N2O4/c1-3-16-7-4-6(5-12-8(7)11)10(2,15)9(13)14/h4-5,15H,3H2,1-2H3,(H2,11,12)(H,13,14). The summed E-state index contributed by atoms with van der Waals surface area (Å²) >= 11 is 0. The summed E-state index contributed by atoms with van der Waals surface area (Å²) in [5.41, 5.74) is 3.65. The minimum atomic E-state index is -2.01. The van der Waals surface area contributed by atoms with E-state index in [9.17, 15) is 9.90 Å². The normalized spacial score (nSPS) is 14.2. The predicted octanol–water partition coefficient (Wildman–Crippen LogP) is 0.355. The van der Waals surface area contributed by atoms with Gasteiger partial charge in [-0.2, -0.15) is 0 Å². The molecule has 0 aliphatic rings. The number of carboxylic acids is 1. The fraction of sp³-hybridized carbons (Fsp3) is 0.400. The highest BCUT2D eigenvalue weighted by Crippen LogP contribution is 2.27. The van der Waals surface area contributed by atoms with Crippen molar-refractivity contribution in [3.63, 3.8) is 0 Å². The fourth-order valence-electron chi connectivity index (χ4n) is 1.12. The number of aromatic nitrogens is 1. The van der Waals surface area contributed by atoms with Crippen LogP contribution in [-0.2, 0) is 10.4 Å². The molecule has 1 aromatic rings. The molecule has 1 heterocycles. The van der Waals surface area contributed by atoms with Gasteiger partial charge in [0.25, 0.3) is 0 Å². The number of carboxylic acid groups (broad SMARTS) is 1. The third-order valence-electron chi connectivity index (χ3n) is 2.16. The summed E-state index contributed by atoms with van der Waals surface area (Å²) in [6, 6.07) is 1.37. The number of nitrogen functional groups attached to an aromatic ring is 1. The molecule has 0 bridgehead atoms. The number of hydrogen-bond donors (Lipinski definition) is 3. The molecule has 0 aliphatic heterocycles. The second-order valence-electron chi connectivity index (χ2n) is 3.42. The van der Waals surface area contributed by atoms with Crippen LogP contribution in [0, 0.1) is 0 Å². The Morgan fingerprint density at radius 2 is 2.31 bits per heavy atom. The molecule has 0 saturated carbocycles. The zero-order chi connectivity index (χ0) is 12.3. The average Bonchev–Trinajstić information content (AvgIpc) is 2.21. The molecule has 6 nitrogen and oxygen atoms in total. The lowest BCUT2D eigenvalue weighted by molar-refractivity contribution is -0.157. The summed E-state index contributed by atoms with van der Waals surface area (Å²) in [6.45, 7) is 3.31. The third kappa shape index (κ3) is 2.22. The molecule has 1 atom stereocenters. The molecule has 0 spiro atoms. The molecule has 0 fully saturated rings. The molecule has 0 aromatic carbocycles. The van der Waals surface area contributed by atoms with Gasteiger partial charge in [-0.25, -0.2) is 9.78 Å². The Hall–Kier alpha value is -1.82. The van der Waals surface area contributed by atoms with Crippen molar-refractivity contribution >= 4 is 11.8 Å². The number of rotatable bonds is 4. The summed E-state index contributed by atoms with van der Waals surface area (Å²) in [6.07, 6.45) is 1.21. The summed E-state index contributed by atoms with van der Waals surface area (Å²) in [5.74, 6) is -0.935. The molecule has 0 saturated heterocycles. The number of hydrogen-bond acceptors (Lipinski definition) is 5. The van der Waals surface area contributed by atoms with E-state index in [0.29, 0.717) is 6.61 Å². The van der Waals surface area contributed by atoms with E-state index in [1.165, 1.54) is 12.3 Å². The van der Waals surface area contributed by atoms with E-state index < -0.39 is 11.6 Å². The van der Waals surface area contributed by atoms with Gasteiger partial charge in [0.05, 0.1) is 6.61 Å². The molecule has 0 aliphatic carbocycles. The van der Waals surface area contributed by atoms with Crippen LogP contribution in [0.3, 0.4) is 0 Å². The van der Waals surface area contributed by atoms with Gasteiger partial charge >= 0.3 is 5.97 Å². The van der Waals surface area contributed by atoms with Gasteiger partial charge in [-0.1, -0.05) is 0 Å². The number of ether oxygens (including phenoxy) is 1. The molecular weight excluding hydrogens is 212 g/mol. The van der Waals surface area contributed by atoms with Crippen LogP contribution in [0.1, 0.15) is 19.4 Å². The predicted molar refractivity (Wildman–Crippen MR) is 57.0 cm³/mol. The maximum atomic E-state index is 10.8. The number of aliphatic hydroxyl groups is 1. The fourth-order valence-corrected chi connectivity index (χ4v) is 1.12. The Bertz CT molecular complexity index is 404. The highest BCUT2D eigenvalue weighted by molar-refractivity contribution is 5.78. The minimum absolute atomic E-state index is 0.123. The monoisotopic (exact) mass is 226 g/mol. The number of nitrogens with two attached hydrogens (primary N) is 1. The number of pyridine rings is 1. The smallest absolute Gasteiger partial charge is 0.340 e. The second kappa shape index (κ2) is 4.36. The van der Waals surface area contributed by atoms with Crippen molar-refractivity contribution in [2.24, 2.45) is 0 Å². The molecule has 88 valence electrons. The molecule has 1 aromatic heterocycles.